The Morgan fingerprint density at radius 2 is 1.81 bits per heavy atom. The highest BCUT2D eigenvalue weighted by molar-refractivity contribution is 5.91. The average Bonchev–Trinajstić information content (AvgIpc) is 2.77. The molecule has 0 aliphatic rings. The second-order valence-electron chi connectivity index (χ2n) is 7.07. The topological polar surface area (TPSA) is 110 Å². The van der Waals surface area contributed by atoms with E-state index in [1.165, 1.54) is 29.6 Å². The van der Waals surface area contributed by atoms with Crippen molar-refractivity contribution >= 4 is 5.91 Å². The van der Waals surface area contributed by atoms with Crippen LogP contribution in [0.4, 0.5) is 0 Å². The van der Waals surface area contributed by atoms with E-state index in [9.17, 15) is 9.59 Å². The summed E-state index contributed by atoms with van der Waals surface area (Å²) >= 11 is 0. The summed E-state index contributed by atoms with van der Waals surface area (Å²) in [5.41, 5.74) is 0.587. The Hall–Kier alpha value is -3.75. The molecule has 9 heteroatoms. The van der Waals surface area contributed by atoms with Crippen LogP contribution < -0.4 is 15.0 Å². The Balaban J connectivity index is 1.93. The molecule has 2 aromatic heterocycles. The van der Waals surface area contributed by atoms with E-state index >= 15 is 0 Å². The molecule has 2 heterocycles. The number of aromatic amines is 1. The summed E-state index contributed by atoms with van der Waals surface area (Å²) in [6.07, 6.45) is 5.93. The number of carbonyl (C=O) groups excluding carboxylic acids is 1. The van der Waals surface area contributed by atoms with Gasteiger partial charge in [0, 0.05) is 38.0 Å². The molecule has 162 valence electrons. The van der Waals surface area contributed by atoms with Crippen LogP contribution in [0.1, 0.15) is 37.2 Å². The molecular weight excluding hydrogens is 398 g/mol. The minimum atomic E-state index is -0.259. The average molecular weight is 423 g/mol. The van der Waals surface area contributed by atoms with E-state index in [-0.39, 0.29) is 29.1 Å². The van der Waals surface area contributed by atoms with E-state index in [4.69, 9.17) is 9.47 Å². The second-order valence-corrected chi connectivity index (χ2v) is 7.07. The highest BCUT2D eigenvalue weighted by Crippen LogP contribution is 2.31. The first kappa shape index (κ1) is 21.9. The van der Waals surface area contributed by atoms with Crippen molar-refractivity contribution in [1.82, 2.24) is 24.8 Å². The van der Waals surface area contributed by atoms with Crippen molar-refractivity contribution in [2.75, 3.05) is 14.1 Å². The Labute approximate surface area is 180 Å². The van der Waals surface area contributed by atoms with Crippen molar-refractivity contribution in [2.45, 2.75) is 32.8 Å². The van der Waals surface area contributed by atoms with Gasteiger partial charge >= 0.3 is 0 Å². The van der Waals surface area contributed by atoms with Gasteiger partial charge < -0.3 is 19.4 Å². The minimum Gasteiger partial charge on any atom is -0.490 e. The Morgan fingerprint density at radius 1 is 1.06 bits per heavy atom. The third-order valence-corrected chi connectivity index (χ3v) is 4.51. The van der Waals surface area contributed by atoms with Crippen molar-refractivity contribution < 1.29 is 14.3 Å². The first-order chi connectivity index (χ1) is 14.9. The maximum Gasteiger partial charge on any atom is 0.273 e. The number of H-pyrrole nitrogens is 1. The van der Waals surface area contributed by atoms with Crippen LogP contribution in [0.5, 0.6) is 17.4 Å². The van der Waals surface area contributed by atoms with E-state index in [0.29, 0.717) is 22.9 Å². The van der Waals surface area contributed by atoms with Gasteiger partial charge in [-0.1, -0.05) is 13.8 Å². The Bertz CT molecular complexity index is 1090. The largest absolute Gasteiger partial charge is 0.490 e. The predicted octanol–water partition coefficient (Wildman–Crippen LogP) is 3.29. The van der Waals surface area contributed by atoms with E-state index in [1.807, 2.05) is 0 Å². The molecule has 0 aliphatic carbocycles. The molecule has 1 amide bonds. The molecule has 3 rings (SSSR count). The Morgan fingerprint density at radius 3 is 2.42 bits per heavy atom. The van der Waals surface area contributed by atoms with Gasteiger partial charge in [0.05, 0.1) is 18.5 Å². The van der Waals surface area contributed by atoms with Crippen molar-refractivity contribution in [3.05, 3.63) is 58.9 Å². The molecule has 0 aliphatic heterocycles. The van der Waals surface area contributed by atoms with Crippen LogP contribution in [0.3, 0.4) is 0 Å². The summed E-state index contributed by atoms with van der Waals surface area (Å²) in [5, 5.41) is 0. The van der Waals surface area contributed by atoms with Crippen LogP contribution >= 0.6 is 0 Å². The van der Waals surface area contributed by atoms with Crippen LogP contribution in [0, 0.1) is 0 Å². The van der Waals surface area contributed by atoms with Crippen molar-refractivity contribution in [3.63, 3.8) is 0 Å². The molecule has 31 heavy (non-hydrogen) atoms. The van der Waals surface area contributed by atoms with Gasteiger partial charge in [0.25, 0.3) is 11.5 Å². The number of benzene rings is 1. The molecule has 3 aromatic rings. The van der Waals surface area contributed by atoms with Crippen molar-refractivity contribution in [2.24, 2.45) is 0 Å². The number of nitrogens with zero attached hydrogens (tertiary/aromatic N) is 4. The second kappa shape index (κ2) is 9.84. The summed E-state index contributed by atoms with van der Waals surface area (Å²) in [4.78, 5) is 40.3. The van der Waals surface area contributed by atoms with Gasteiger partial charge in [-0.25, -0.2) is 15.0 Å². The molecule has 9 nitrogen and oxygen atoms in total. The molecule has 0 fully saturated rings. The fraction of sp³-hybridized carbons (Fsp3) is 0.318. The maximum atomic E-state index is 12.0. The van der Waals surface area contributed by atoms with Gasteiger partial charge in [-0.15, -0.1) is 0 Å². The van der Waals surface area contributed by atoms with Crippen LogP contribution in [0.25, 0.3) is 11.4 Å². The molecule has 0 spiro atoms. The molecular formula is C22H25N5O4. The van der Waals surface area contributed by atoms with Crippen molar-refractivity contribution in [3.8, 4) is 28.8 Å². The standard InChI is InChI=1S/C22H25N5O4/c1-5-15(6-2)30-16-9-14(21-23-8-7-19(28)26-21)10-17(11-16)31-20-13-24-18(12-25-20)22(29)27(3)4/h7-13,15H,5-6H2,1-4H3,(H,23,26,28). The zero-order valence-corrected chi connectivity index (χ0v) is 18.0. The molecule has 0 unspecified atom stereocenters. The summed E-state index contributed by atoms with van der Waals surface area (Å²) in [5.74, 6) is 1.38. The molecule has 0 saturated heterocycles. The normalized spacial score (nSPS) is 10.7. The smallest absolute Gasteiger partial charge is 0.273 e. The number of hydrogen-bond acceptors (Lipinski definition) is 7. The molecule has 1 aromatic carbocycles. The fourth-order valence-corrected chi connectivity index (χ4v) is 2.83. The first-order valence-corrected chi connectivity index (χ1v) is 9.98. The summed E-state index contributed by atoms with van der Waals surface area (Å²) < 4.78 is 11.9. The van der Waals surface area contributed by atoms with Gasteiger partial charge in [-0.3, -0.25) is 9.59 Å². The molecule has 0 saturated carbocycles. The number of ether oxygens (including phenoxy) is 2. The van der Waals surface area contributed by atoms with E-state index in [1.54, 1.807) is 32.3 Å². The SMILES string of the molecule is CCC(CC)Oc1cc(Oc2cnc(C(=O)N(C)C)cn2)cc(-c2nccc(=O)[nH]2)c1. The van der Waals surface area contributed by atoms with Gasteiger partial charge in [0.2, 0.25) is 5.88 Å². The van der Waals surface area contributed by atoms with Crippen LogP contribution in [-0.2, 0) is 0 Å². The summed E-state index contributed by atoms with van der Waals surface area (Å²) in [6, 6.07) is 6.60. The predicted molar refractivity (Wildman–Crippen MR) is 115 cm³/mol. The number of rotatable bonds is 8. The third-order valence-electron chi connectivity index (χ3n) is 4.51. The zero-order valence-electron chi connectivity index (χ0n) is 18.0. The molecule has 0 atom stereocenters. The lowest BCUT2D eigenvalue weighted by atomic mass is 10.1. The van der Waals surface area contributed by atoms with Crippen LogP contribution in [0.15, 0.2) is 47.7 Å². The Kier molecular flexibility index (Phi) is 6.96. The van der Waals surface area contributed by atoms with Crippen LogP contribution in [-0.4, -0.2) is 50.9 Å². The van der Waals surface area contributed by atoms with Gasteiger partial charge in [-0.2, -0.15) is 0 Å². The number of carbonyl (C=O) groups is 1. The molecule has 1 N–H and O–H groups in total. The quantitative estimate of drug-likeness (QED) is 0.592. The first-order valence-electron chi connectivity index (χ1n) is 9.98. The maximum absolute atomic E-state index is 12.0. The minimum absolute atomic E-state index is 0.0435. The highest BCUT2D eigenvalue weighted by atomic mass is 16.5. The van der Waals surface area contributed by atoms with Crippen LogP contribution in [0.2, 0.25) is 0 Å². The lowest BCUT2D eigenvalue weighted by molar-refractivity contribution is 0.0821. The van der Waals surface area contributed by atoms with E-state index in [2.05, 4.69) is 33.8 Å². The van der Waals surface area contributed by atoms with E-state index in [0.717, 1.165) is 12.8 Å². The summed E-state index contributed by atoms with van der Waals surface area (Å²) in [6.45, 7) is 4.11. The lowest BCUT2D eigenvalue weighted by Crippen LogP contribution is -2.22. The number of amides is 1. The molecule has 0 bridgehead atoms. The van der Waals surface area contributed by atoms with Gasteiger partial charge in [0.1, 0.15) is 23.0 Å². The highest BCUT2D eigenvalue weighted by Gasteiger charge is 2.13. The van der Waals surface area contributed by atoms with Gasteiger partial charge in [0.15, 0.2) is 0 Å². The number of aromatic nitrogens is 4. The van der Waals surface area contributed by atoms with Gasteiger partial charge in [-0.05, 0) is 25.0 Å². The number of hydrogen-bond donors (Lipinski definition) is 1. The lowest BCUT2D eigenvalue weighted by Gasteiger charge is -2.17. The molecule has 0 radical (unpaired) electrons. The monoisotopic (exact) mass is 423 g/mol. The van der Waals surface area contributed by atoms with Crippen molar-refractivity contribution in [1.29, 1.82) is 0 Å². The van der Waals surface area contributed by atoms with E-state index < -0.39 is 0 Å². The zero-order chi connectivity index (χ0) is 22.4. The third kappa shape index (κ3) is 5.65. The fourth-order valence-electron chi connectivity index (χ4n) is 2.83. The number of nitrogens with one attached hydrogen (secondary N) is 1. The summed E-state index contributed by atoms with van der Waals surface area (Å²) in [7, 11) is 3.28.